The van der Waals surface area contributed by atoms with Gasteiger partial charge in [-0.1, -0.05) is 6.07 Å². The van der Waals surface area contributed by atoms with Crippen LogP contribution in [0.5, 0.6) is 6.01 Å². The fourth-order valence-electron chi connectivity index (χ4n) is 1.47. The molecule has 7 heteroatoms. The normalized spacial score (nSPS) is 10.3. The van der Waals surface area contributed by atoms with Crippen LogP contribution in [0.2, 0.25) is 5.28 Å². The molecule has 0 radical (unpaired) electrons. The molecule has 0 spiro atoms. The van der Waals surface area contributed by atoms with Gasteiger partial charge in [-0.2, -0.15) is 15.0 Å². The van der Waals surface area contributed by atoms with E-state index in [9.17, 15) is 4.39 Å². The molecule has 2 rings (SSSR count). The van der Waals surface area contributed by atoms with Crippen molar-refractivity contribution in [2.75, 3.05) is 18.6 Å². The number of hydrogen-bond acceptors (Lipinski definition) is 5. The van der Waals surface area contributed by atoms with Gasteiger partial charge < -0.3 is 9.64 Å². The van der Waals surface area contributed by atoms with Gasteiger partial charge in [-0.25, -0.2) is 4.39 Å². The summed E-state index contributed by atoms with van der Waals surface area (Å²) in [6.07, 6.45) is 0. The van der Waals surface area contributed by atoms with E-state index in [0.29, 0.717) is 12.3 Å². The van der Waals surface area contributed by atoms with Crippen LogP contribution < -0.4 is 9.64 Å². The van der Waals surface area contributed by atoms with Gasteiger partial charge in [-0.3, -0.25) is 0 Å². The van der Waals surface area contributed by atoms with Gasteiger partial charge in [0.2, 0.25) is 11.2 Å². The van der Waals surface area contributed by atoms with Crippen LogP contribution in [0.3, 0.4) is 0 Å². The highest BCUT2D eigenvalue weighted by Gasteiger charge is 2.12. The number of hydrogen-bond donors (Lipinski definition) is 0. The lowest BCUT2D eigenvalue weighted by molar-refractivity contribution is 0.311. The van der Waals surface area contributed by atoms with Crippen molar-refractivity contribution in [3.05, 3.63) is 35.4 Å². The second-order valence-corrected chi connectivity index (χ2v) is 4.00. The minimum Gasteiger partial charge on any atom is -0.464 e. The topological polar surface area (TPSA) is 51.1 Å². The Hall–Kier alpha value is -1.95. The Morgan fingerprint density at radius 1 is 1.32 bits per heavy atom. The maximum atomic E-state index is 13.2. The largest absolute Gasteiger partial charge is 0.464 e. The van der Waals surface area contributed by atoms with E-state index in [1.807, 2.05) is 6.92 Å². The highest BCUT2D eigenvalue weighted by Crippen LogP contribution is 2.22. The van der Waals surface area contributed by atoms with Crippen LogP contribution in [-0.2, 0) is 0 Å². The maximum absolute atomic E-state index is 13.2. The molecular formula is C12H12ClFN4O. The number of anilines is 2. The maximum Gasteiger partial charge on any atom is 0.322 e. The molecule has 19 heavy (non-hydrogen) atoms. The van der Waals surface area contributed by atoms with Crippen LogP contribution in [0.25, 0.3) is 0 Å². The molecule has 1 aromatic heterocycles. The molecule has 0 aliphatic rings. The van der Waals surface area contributed by atoms with Gasteiger partial charge >= 0.3 is 6.01 Å². The average molecular weight is 283 g/mol. The zero-order chi connectivity index (χ0) is 13.8. The molecular weight excluding hydrogens is 271 g/mol. The number of aromatic nitrogens is 3. The van der Waals surface area contributed by atoms with Gasteiger partial charge in [-0.15, -0.1) is 0 Å². The second kappa shape index (κ2) is 5.79. The first-order chi connectivity index (χ1) is 9.10. The van der Waals surface area contributed by atoms with Gasteiger partial charge in [0.1, 0.15) is 5.82 Å². The standard InChI is InChI=1S/C12H12ClFN4O/c1-3-19-12-16-10(13)15-11(17-12)18(2)9-6-4-5-8(14)7-9/h4-7H,3H2,1-2H3. The summed E-state index contributed by atoms with van der Waals surface area (Å²) in [5.41, 5.74) is 0.602. The molecule has 5 nitrogen and oxygen atoms in total. The van der Waals surface area contributed by atoms with Gasteiger partial charge in [0, 0.05) is 12.7 Å². The lowest BCUT2D eigenvalue weighted by Gasteiger charge is -2.17. The van der Waals surface area contributed by atoms with Crippen molar-refractivity contribution in [3.8, 4) is 6.01 Å². The van der Waals surface area contributed by atoms with Crippen molar-refractivity contribution in [2.24, 2.45) is 0 Å². The lowest BCUT2D eigenvalue weighted by Crippen LogP contribution is -2.14. The Labute approximate surface area is 115 Å². The first-order valence-electron chi connectivity index (χ1n) is 5.64. The molecule has 0 saturated carbocycles. The smallest absolute Gasteiger partial charge is 0.322 e. The summed E-state index contributed by atoms with van der Waals surface area (Å²) in [4.78, 5) is 13.5. The van der Waals surface area contributed by atoms with Crippen LogP contribution >= 0.6 is 11.6 Å². The van der Waals surface area contributed by atoms with Crippen LogP contribution in [0.1, 0.15) is 6.92 Å². The average Bonchev–Trinajstić information content (AvgIpc) is 2.37. The van der Waals surface area contributed by atoms with E-state index < -0.39 is 0 Å². The van der Waals surface area contributed by atoms with Crippen molar-refractivity contribution in [1.82, 2.24) is 15.0 Å². The van der Waals surface area contributed by atoms with E-state index in [0.717, 1.165) is 0 Å². The van der Waals surface area contributed by atoms with E-state index in [-0.39, 0.29) is 23.1 Å². The van der Waals surface area contributed by atoms with Crippen molar-refractivity contribution < 1.29 is 9.13 Å². The summed E-state index contributed by atoms with van der Waals surface area (Å²) in [5, 5.41) is 0.0247. The minimum atomic E-state index is -0.338. The zero-order valence-corrected chi connectivity index (χ0v) is 11.2. The summed E-state index contributed by atoms with van der Waals surface area (Å²) in [6, 6.07) is 6.22. The SMILES string of the molecule is CCOc1nc(Cl)nc(N(C)c2cccc(F)c2)n1. The fraction of sp³-hybridized carbons (Fsp3) is 0.250. The molecule has 0 aliphatic carbocycles. The van der Waals surface area contributed by atoms with Gasteiger partial charge in [-0.05, 0) is 36.7 Å². The minimum absolute atomic E-state index is 0.0247. The molecule has 0 saturated heterocycles. The Balaban J connectivity index is 2.35. The summed E-state index contributed by atoms with van der Waals surface area (Å²) < 4.78 is 18.4. The summed E-state index contributed by atoms with van der Waals surface area (Å²) in [5.74, 6) is -0.0522. The third-order valence-electron chi connectivity index (χ3n) is 2.34. The fourth-order valence-corrected chi connectivity index (χ4v) is 1.61. The van der Waals surface area contributed by atoms with Crippen molar-refractivity contribution in [1.29, 1.82) is 0 Å². The number of nitrogens with zero attached hydrogens (tertiary/aromatic N) is 4. The molecule has 0 fully saturated rings. The predicted octanol–water partition coefficient (Wildman–Crippen LogP) is 2.83. The lowest BCUT2D eigenvalue weighted by atomic mass is 10.3. The highest BCUT2D eigenvalue weighted by molar-refractivity contribution is 6.28. The van der Waals surface area contributed by atoms with Crippen LogP contribution in [0, 0.1) is 5.82 Å². The monoisotopic (exact) mass is 282 g/mol. The highest BCUT2D eigenvalue weighted by atomic mass is 35.5. The van der Waals surface area contributed by atoms with E-state index >= 15 is 0 Å². The summed E-state index contributed by atoms with van der Waals surface area (Å²) in [7, 11) is 1.70. The number of ether oxygens (including phenoxy) is 1. The van der Waals surface area contributed by atoms with Gasteiger partial charge in [0.25, 0.3) is 0 Å². The molecule has 2 aromatic rings. The van der Waals surface area contributed by atoms with Crippen LogP contribution in [0.4, 0.5) is 16.0 Å². The summed E-state index contributed by atoms with van der Waals surface area (Å²) >= 11 is 5.81. The van der Waals surface area contributed by atoms with Crippen molar-refractivity contribution in [3.63, 3.8) is 0 Å². The van der Waals surface area contributed by atoms with Crippen LogP contribution in [-0.4, -0.2) is 28.6 Å². The third-order valence-corrected chi connectivity index (χ3v) is 2.51. The molecule has 1 heterocycles. The Bertz CT molecular complexity index is 581. The first-order valence-corrected chi connectivity index (χ1v) is 6.01. The molecule has 0 N–H and O–H groups in total. The molecule has 0 aliphatic heterocycles. The molecule has 1 aromatic carbocycles. The van der Waals surface area contributed by atoms with Crippen LogP contribution in [0.15, 0.2) is 24.3 Å². The molecule has 0 amide bonds. The predicted molar refractivity (Wildman–Crippen MR) is 70.5 cm³/mol. The zero-order valence-electron chi connectivity index (χ0n) is 10.5. The summed E-state index contributed by atoms with van der Waals surface area (Å²) in [6.45, 7) is 2.23. The molecule has 0 unspecified atom stereocenters. The number of benzene rings is 1. The quantitative estimate of drug-likeness (QED) is 0.863. The van der Waals surface area contributed by atoms with E-state index in [1.165, 1.54) is 12.1 Å². The first kappa shape index (κ1) is 13.5. The Morgan fingerprint density at radius 3 is 2.79 bits per heavy atom. The van der Waals surface area contributed by atoms with Crippen molar-refractivity contribution in [2.45, 2.75) is 6.92 Å². The molecule has 0 atom stereocenters. The van der Waals surface area contributed by atoms with Gasteiger partial charge in [0.15, 0.2) is 0 Å². The number of halogens is 2. The van der Waals surface area contributed by atoms with E-state index in [4.69, 9.17) is 16.3 Å². The van der Waals surface area contributed by atoms with Gasteiger partial charge in [0.05, 0.1) is 6.61 Å². The third kappa shape index (κ3) is 3.29. The van der Waals surface area contributed by atoms with E-state index in [2.05, 4.69) is 15.0 Å². The molecule has 0 bridgehead atoms. The number of rotatable bonds is 4. The molecule has 100 valence electrons. The second-order valence-electron chi connectivity index (χ2n) is 3.66. The van der Waals surface area contributed by atoms with E-state index in [1.54, 1.807) is 24.1 Å². The Morgan fingerprint density at radius 2 is 2.11 bits per heavy atom. The van der Waals surface area contributed by atoms with Crippen molar-refractivity contribution >= 4 is 23.2 Å². The Kier molecular flexibility index (Phi) is 4.11.